The second-order valence-electron chi connectivity index (χ2n) is 15.0. The monoisotopic (exact) mass is 713 g/mol. The molecule has 10 nitrogen and oxygen atoms in total. The summed E-state index contributed by atoms with van der Waals surface area (Å²) in [6.07, 6.45) is 55.0. The topological polar surface area (TPSA) is 134 Å². The molecule has 0 atom stereocenters. The zero-order valence-corrected chi connectivity index (χ0v) is 33.7. The lowest BCUT2D eigenvalue weighted by Crippen LogP contribution is -2.64. The van der Waals surface area contributed by atoms with Crippen molar-refractivity contribution in [3.63, 3.8) is 0 Å². The minimum Gasteiger partial charge on any atom is -0.257 e. The summed E-state index contributed by atoms with van der Waals surface area (Å²) in [7, 11) is 0. The van der Waals surface area contributed by atoms with E-state index in [4.69, 9.17) is 5.84 Å². The van der Waals surface area contributed by atoms with Crippen molar-refractivity contribution in [1.82, 2.24) is 49.7 Å². The van der Waals surface area contributed by atoms with Crippen LogP contribution in [0.1, 0.15) is 251 Å². The van der Waals surface area contributed by atoms with Crippen LogP contribution >= 0.6 is 0 Å². The van der Waals surface area contributed by atoms with Crippen molar-refractivity contribution in [2.45, 2.75) is 251 Å². The van der Waals surface area contributed by atoms with Crippen LogP contribution < -0.4 is 55.5 Å². The van der Waals surface area contributed by atoms with Gasteiger partial charge in [0.15, 0.2) is 0 Å². The van der Waals surface area contributed by atoms with Crippen molar-refractivity contribution in [3.05, 3.63) is 0 Å². The second-order valence-corrected chi connectivity index (χ2v) is 15.0. The third kappa shape index (κ3) is 47.6. The summed E-state index contributed by atoms with van der Waals surface area (Å²) >= 11 is 0. The first-order valence-electron chi connectivity index (χ1n) is 22.3. The predicted molar refractivity (Wildman–Crippen MR) is 218 cm³/mol. The van der Waals surface area contributed by atoms with Gasteiger partial charge in [-0.3, -0.25) is 5.84 Å². The van der Waals surface area contributed by atoms with Gasteiger partial charge in [0, 0.05) is 6.54 Å². The Hall–Kier alpha value is -0.400. The standard InChI is InChI=1S/C40H92N10/c1-2-3-4-5-6-7-8-9-10-11-12-13-14-15-16-17-18-19-20-21-22-23-24-25-26-27-28-29-30-31-32-33-34-35-36-37-38-39-40-42-44-46-48-50-49-47-45-43-41/h42-50H,2-41H2,1H3. The first-order chi connectivity index (χ1) is 24.9. The highest BCUT2D eigenvalue weighted by molar-refractivity contribution is 4.53. The first kappa shape index (κ1) is 49.6. The summed E-state index contributed by atoms with van der Waals surface area (Å²) in [5.41, 5.74) is 23.7. The molecule has 10 heteroatoms. The molecule has 0 aromatic carbocycles. The maximum atomic E-state index is 5.01. The van der Waals surface area contributed by atoms with Crippen LogP contribution in [0, 0.1) is 0 Å². The minimum absolute atomic E-state index is 0.929. The van der Waals surface area contributed by atoms with Crippen LogP contribution in [0.15, 0.2) is 0 Å². The zero-order valence-electron chi connectivity index (χ0n) is 33.7. The maximum Gasteiger partial charge on any atom is 0.0113 e. The number of rotatable bonds is 47. The van der Waals surface area contributed by atoms with Gasteiger partial charge in [0.25, 0.3) is 0 Å². The van der Waals surface area contributed by atoms with Gasteiger partial charge in [0.05, 0.1) is 0 Å². The summed E-state index contributed by atoms with van der Waals surface area (Å²) in [6, 6.07) is 0. The highest BCUT2D eigenvalue weighted by atomic mass is 15.9. The smallest absolute Gasteiger partial charge is 0.0113 e. The molecule has 0 saturated heterocycles. The van der Waals surface area contributed by atoms with Crippen LogP contribution in [-0.4, -0.2) is 6.54 Å². The highest BCUT2D eigenvalue weighted by Gasteiger charge is 1.98. The number of hydrazine groups is 9. The van der Waals surface area contributed by atoms with Crippen LogP contribution in [0.4, 0.5) is 0 Å². The fourth-order valence-electron chi connectivity index (χ4n) is 6.95. The van der Waals surface area contributed by atoms with E-state index in [1.54, 1.807) is 0 Å². The SMILES string of the molecule is CCCCCCCCCCCCCCCCCCCCCCCCCCCCCCCCCCCCCCCCNNNNNNNNNN. The van der Waals surface area contributed by atoms with Gasteiger partial charge in [0.1, 0.15) is 0 Å². The molecule has 0 amide bonds. The summed E-state index contributed by atoms with van der Waals surface area (Å²) in [5, 5.41) is 0. The molecule has 0 aromatic rings. The van der Waals surface area contributed by atoms with Gasteiger partial charge >= 0.3 is 0 Å². The Morgan fingerprint density at radius 2 is 0.440 bits per heavy atom. The molecule has 0 saturated carbocycles. The van der Waals surface area contributed by atoms with E-state index in [0.717, 1.165) is 6.54 Å². The lowest BCUT2D eigenvalue weighted by Gasteiger charge is -2.12. The zero-order chi connectivity index (χ0) is 35.9. The molecule has 0 aliphatic carbocycles. The van der Waals surface area contributed by atoms with E-state index in [9.17, 15) is 0 Å². The molecule has 0 aliphatic rings. The summed E-state index contributed by atoms with van der Waals surface area (Å²) in [4.78, 5) is 0. The van der Waals surface area contributed by atoms with Crippen LogP contribution in [-0.2, 0) is 0 Å². The molecule has 11 N–H and O–H groups in total. The summed E-state index contributed by atoms with van der Waals surface area (Å²) < 4.78 is 0. The van der Waals surface area contributed by atoms with E-state index in [1.165, 1.54) is 244 Å². The molecule has 0 aromatic heterocycles. The molecule has 0 heterocycles. The number of hydrogen-bond donors (Lipinski definition) is 10. The third-order valence-electron chi connectivity index (χ3n) is 10.2. The van der Waals surface area contributed by atoms with Gasteiger partial charge in [-0.25, -0.2) is 5.43 Å². The molecular weight excluding hydrogens is 621 g/mol. The van der Waals surface area contributed by atoms with Gasteiger partial charge in [-0.2, -0.15) is 44.3 Å². The molecule has 0 unspecified atom stereocenters. The Morgan fingerprint density at radius 3 is 0.680 bits per heavy atom. The fraction of sp³-hybridized carbons (Fsp3) is 1.00. The lowest BCUT2D eigenvalue weighted by molar-refractivity contribution is 0.243. The fourth-order valence-corrected chi connectivity index (χ4v) is 6.95. The van der Waals surface area contributed by atoms with Gasteiger partial charge in [-0.1, -0.05) is 244 Å². The van der Waals surface area contributed by atoms with Crippen molar-refractivity contribution in [2.24, 2.45) is 5.84 Å². The van der Waals surface area contributed by atoms with E-state index in [0.29, 0.717) is 0 Å². The largest absolute Gasteiger partial charge is 0.257 e. The average Bonchev–Trinajstić information content (AvgIpc) is 3.13. The molecule has 0 rings (SSSR count). The van der Waals surface area contributed by atoms with Crippen molar-refractivity contribution >= 4 is 0 Å². The van der Waals surface area contributed by atoms with E-state index in [2.05, 4.69) is 56.6 Å². The summed E-state index contributed by atoms with van der Waals surface area (Å²) in [5.74, 6) is 5.01. The van der Waals surface area contributed by atoms with Crippen molar-refractivity contribution in [1.29, 1.82) is 0 Å². The first-order valence-corrected chi connectivity index (χ1v) is 22.3. The number of unbranched alkanes of at least 4 members (excludes halogenated alkanes) is 37. The Bertz CT molecular complexity index is 524. The second kappa shape index (κ2) is 48.6. The van der Waals surface area contributed by atoms with Crippen molar-refractivity contribution in [3.8, 4) is 0 Å². The van der Waals surface area contributed by atoms with Gasteiger partial charge < -0.3 is 0 Å². The number of hydrogen-bond acceptors (Lipinski definition) is 10. The van der Waals surface area contributed by atoms with Crippen molar-refractivity contribution in [2.75, 3.05) is 6.54 Å². The van der Waals surface area contributed by atoms with Crippen LogP contribution in [0.25, 0.3) is 0 Å². The van der Waals surface area contributed by atoms with Crippen molar-refractivity contribution < 1.29 is 0 Å². The average molecular weight is 713 g/mol. The van der Waals surface area contributed by atoms with Gasteiger partial charge in [0.2, 0.25) is 0 Å². The Kier molecular flexibility index (Phi) is 48.2. The van der Waals surface area contributed by atoms with Crippen LogP contribution in [0.5, 0.6) is 0 Å². The minimum atomic E-state index is 0.929. The van der Waals surface area contributed by atoms with E-state index < -0.39 is 0 Å². The van der Waals surface area contributed by atoms with E-state index in [-0.39, 0.29) is 0 Å². The van der Waals surface area contributed by atoms with E-state index >= 15 is 0 Å². The Balaban J connectivity index is 3.04. The molecule has 0 radical (unpaired) electrons. The third-order valence-corrected chi connectivity index (χ3v) is 10.2. The Morgan fingerprint density at radius 1 is 0.240 bits per heavy atom. The summed E-state index contributed by atoms with van der Waals surface area (Å²) in [6.45, 7) is 3.24. The number of nitrogens with one attached hydrogen (secondary N) is 9. The lowest BCUT2D eigenvalue weighted by atomic mass is 10.0. The quantitative estimate of drug-likeness (QED) is 0.0169. The molecule has 50 heavy (non-hydrogen) atoms. The van der Waals surface area contributed by atoms with Crippen LogP contribution in [0.3, 0.4) is 0 Å². The number of nitrogens with two attached hydrogens (primary N) is 1. The predicted octanol–water partition coefficient (Wildman–Crippen LogP) is 10.3. The van der Waals surface area contributed by atoms with E-state index in [1.807, 2.05) is 0 Å². The molecule has 0 bridgehead atoms. The molecule has 0 fully saturated rings. The van der Waals surface area contributed by atoms with Crippen LogP contribution in [0.2, 0.25) is 0 Å². The molecule has 0 aliphatic heterocycles. The normalized spacial score (nSPS) is 11.6. The molecule has 302 valence electrons. The highest BCUT2D eigenvalue weighted by Crippen LogP contribution is 2.17. The maximum absolute atomic E-state index is 5.01. The molecule has 0 spiro atoms. The molecular formula is C40H92N10. The van der Waals surface area contributed by atoms with Gasteiger partial charge in [-0.05, 0) is 6.42 Å². The van der Waals surface area contributed by atoms with Gasteiger partial charge in [-0.15, -0.1) is 0 Å². The Labute approximate surface area is 312 Å².